The number of carbonyl (C=O) groups excluding carboxylic acids is 5. The highest BCUT2D eigenvalue weighted by Crippen LogP contribution is 2.43. The van der Waals surface area contributed by atoms with Gasteiger partial charge in [0.05, 0.1) is 12.2 Å². The normalized spacial score (nSPS) is 25.0. The van der Waals surface area contributed by atoms with Gasteiger partial charge in [-0.1, -0.05) is 59.8 Å². The van der Waals surface area contributed by atoms with Crippen LogP contribution in [0.25, 0.3) is 0 Å². The molecule has 13 heteroatoms. The van der Waals surface area contributed by atoms with E-state index in [1.165, 1.54) is 18.6 Å². The molecule has 1 aliphatic heterocycles. The van der Waals surface area contributed by atoms with Crippen LogP contribution in [0.3, 0.4) is 0 Å². The minimum Gasteiger partial charge on any atom is -0.381 e. The van der Waals surface area contributed by atoms with Crippen LogP contribution < -0.4 is 21.3 Å². The average molecular weight is 682 g/mol. The van der Waals surface area contributed by atoms with E-state index in [0.29, 0.717) is 19.4 Å². The van der Waals surface area contributed by atoms with Crippen molar-refractivity contribution in [1.82, 2.24) is 36.1 Å². The van der Waals surface area contributed by atoms with Gasteiger partial charge in [0.25, 0.3) is 11.8 Å². The Kier molecular flexibility index (Phi) is 11.9. The minimum atomic E-state index is -1.40. The van der Waals surface area contributed by atoms with Gasteiger partial charge in [-0.2, -0.15) is 0 Å². The van der Waals surface area contributed by atoms with Crippen LogP contribution in [-0.2, 0) is 19.2 Å². The first-order valence-electron chi connectivity index (χ1n) is 18.4. The van der Waals surface area contributed by atoms with E-state index >= 15 is 0 Å². The SMILES string of the molecule is CCCC(NC(=O)C1[C@H]2CCC[C@H]2CN1C(=O)[C@@H](NC(=O)[C@H](NC(=O)c1cnccn1)C1CCCCC1)C(C)(C)C)C(O)C(=O)NC1CC1. The molecule has 5 amide bonds. The van der Waals surface area contributed by atoms with Crippen LogP contribution in [0.4, 0.5) is 0 Å². The molecule has 2 heterocycles. The number of rotatable bonds is 13. The summed E-state index contributed by atoms with van der Waals surface area (Å²) in [5, 5.41) is 22.6. The Morgan fingerprint density at radius 2 is 1.65 bits per heavy atom. The molecule has 49 heavy (non-hydrogen) atoms. The molecule has 3 unspecified atom stereocenters. The van der Waals surface area contributed by atoms with Crippen LogP contribution in [0.15, 0.2) is 18.6 Å². The van der Waals surface area contributed by atoms with E-state index in [2.05, 4.69) is 31.2 Å². The molecular weight excluding hydrogens is 626 g/mol. The fourth-order valence-corrected chi connectivity index (χ4v) is 8.00. The fraction of sp³-hybridized carbons (Fsp3) is 0.750. The number of nitrogens with zero attached hydrogens (tertiary/aromatic N) is 3. The predicted octanol–water partition coefficient (Wildman–Crippen LogP) is 2.24. The van der Waals surface area contributed by atoms with Gasteiger partial charge in [-0.15, -0.1) is 0 Å². The van der Waals surface area contributed by atoms with E-state index in [9.17, 15) is 29.1 Å². The summed E-state index contributed by atoms with van der Waals surface area (Å²) in [7, 11) is 0. The summed E-state index contributed by atoms with van der Waals surface area (Å²) in [6.07, 6.45) is 12.8. The Morgan fingerprint density at radius 3 is 2.29 bits per heavy atom. The number of aromatic nitrogens is 2. The minimum absolute atomic E-state index is 0.0544. The van der Waals surface area contributed by atoms with Gasteiger partial charge in [-0.25, -0.2) is 4.98 Å². The molecule has 0 radical (unpaired) electrons. The highest BCUT2D eigenvalue weighted by atomic mass is 16.3. The van der Waals surface area contributed by atoms with Crippen LogP contribution in [0.5, 0.6) is 0 Å². The zero-order valence-electron chi connectivity index (χ0n) is 29.5. The van der Waals surface area contributed by atoms with Gasteiger partial charge < -0.3 is 31.3 Å². The first kappa shape index (κ1) is 36.7. The van der Waals surface area contributed by atoms with Crippen molar-refractivity contribution >= 4 is 29.5 Å². The van der Waals surface area contributed by atoms with Gasteiger partial charge in [0.1, 0.15) is 23.8 Å². The molecule has 3 aliphatic carbocycles. The van der Waals surface area contributed by atoms with Crippen molar-refractivity contribution in [2.75, 3.05) is 6.54 Å². The van der Waals surface area contributed by atoms with Crippen molar-refractivity contribution in [3.05, 3.63) is 24.3 Å². The van der Waals surface area contributed by atoms with Crippen molar-refractivity contribution in [3.63, 3.8) is 0 Å². The monoisotopic (exact) mass is 681 g/mol. The Labute approximate surface area is 289 Å². The summed E-state index contributed by atoms with van der Waals surface area (Å²) in [4.78, 5) is 78.5. The molecule has 0 bridgehead atoms. The van der Waals surface area contributed by atoms with Crippen LogP contribution in [-0.4, -0.2) is 92.4 Å². The molecule has 270 valence electrons. The predicted molar refractivity (Wildman–Crippen MR) is 182 cm³/mol. The number of likely N-dealkylation sites (tertiary alicyclic amines) is 1. The third kappa shape index (κ3) is 8.95. The maximum absolute atomic E-state index is 14.6. The Hall–Kier alpha value is -3.61. The number of hydrogen-bond acceptors (Lipinski definition) is 8. The van der Waals surface area contributed by atoms with Crippen molar-refractivity contribution in [3.8, 4) is 0 Å². The van der Waals surface area contributed by atoms with Crippen LogP contribution in [0.1, 0.15) is 115 Å². The van der Waals surface area contributed by atoms with Gasteiger partial charge in [0.2, 0.25) is 17.7 Å². The van der Waals surface area contributed by atoms with E-state index in [1.54, 1.807) is 4.90 Å². The Balaban J connectivity index is 1.35. The number of aliphatic hydroxyl groups is 1. The second-order valence-corrected chi connectivity index (χ2v) is 15.7. The molecule has 7 atom stereocenters. The number of carbonyl (C=O) groups is 5. The molecule has 4 fully saturated rings. The maximum Gasteiger partial charge on any atom is 0.272 e. The summed E-state index contributed by atoms with van der Waals surface area (Å²) in [6.45, 7) is 7.95. The number of fused-ring (bicyclic) bond motifs is 1. The van der Waals surface area contributed by atoms with Crippen molar-refractivity contribution in [2.45, 2.75) is 141 Å². The lowest BCUT2D eigenvalue weighted by Crippen LogP contribution is -2.62. The zero-order chi connectivity index (χ0) is 35.3. The van der Waals surface area contributed by atoms with Crippen molar-refractivity contribution in [2.24, 2.45) is 23.2 Å². The second-order valence-electron chi connectivity index (χ2n) is 15.7. The Morgan fingerprint density at radius 1 is 0.918 bits per heavy atom. The molecule has 1 saturated heterocycles. The molecule has 1 aromatic rings. The fourth-order valence-electron chi connectivity index (χ4n) is 8.00. The van der Waals surface area contributed by atoms with Gasteiger partial charge in [-0.3, -0.25) is 29.0 Å². The molecule has 3 saturated carbocycles. The lowest BCUT2D eigenvalue weighted by atomic mass is 9.82. The lowest BCUT2D eigenvalue weighted by Gasteiger charge is -2.38. The Bertz CT molecular complexity index is 1340. The van der Waals surface area contributed by atoms with Crippen LogP contribution >= 0.6 is 0 Å². The van der Waals surface area contributed by atoms with E-state index in [1.807, 2.05) is 27.7 Å². The molecule has 0 aromatic carbocycles. The summed E-state index contributed by atoms with van der Waals surface area (Å²) >= 11 is 0. The van der Waals surface area contributed by atoms with Crippen molar-refractivity contribution in [1.29, 1.82) is 0 Å². The number of nitrogens with one attached hydrogen (secondary N) is 4. The number of amides is 5. The van der Waals surface area contributed by atoms with E-state index < -0.39 is 53.4 Å². The van der Waals surface area contributed by atoms with Crippen LogP contribution in [0, 0.1) is 23.2 Å². The smallest absolute Gasteiger partial charge is 0.272 e. The molecule has 5 rings (SSSR count). The van der Waals surface area contributed by atoms with E-state index in [0.717, 1.165) is 64.2 Å². The summed E-state index contributed by atoms with van der Waals surface area (Å²) in [5.41, 5.74) is -0.618. The molecule has 4 aliphatic rings. The molecule has 13 nitrogen and oxygen atoms in total. The third-order valence-electron chi connectivity index (χ3n) is 10.8. The van der Waals surface area contributed by atoms with E-state index in [4.69, 9.17) is 0 Å². The quantitative estimate of drug-likeness (QED) is 0.210. The first-order valence-corrected chi connectivity index (χ1v) is 18.4. The van der Waals surface area contributed by atoms with Gasteiger partial charge >= 0.3 is 0 Å². The topological polar surface area (TPSA) is 183 Å². The molecule has 0 spiro atoms. The first-order chi connectivity index (χ1) is 23.4. The largest absolute Gasteiger partial charge is 0.381 e. The molecular formula is C36H55N7O6. The molecule has 5 N–H and O–H groups in total. The summed E-state index contributed by atoms with van der Waals surface area (Å²) < 4.78 is 0. The van der Waals surface area contributed by atoms with E-state index in [-0.39, 0.29) is 41.3 Å². The summed E-state index contributed by atoms with van der Waals surface area (Å²) in [5.74, 6) is -2.18. The van der Waals surface area contributed by atoms with Crippen molar-refractivity contribution < 1.29 is 29.1 Å². The van der Waals surface area contributed by atoms with Gasteiger partial charge in [0, 0.05) is 25.0 Å². The van der Waals surface area contributed by atoms with Crippen LogP contribution in [0.2, 0.25) is 0 Å². The van der Waals surface area contributed by atoms with Gasteiger partial charge in [-0.05, 0) is 68.1 Å². The standard InChI is InChI=1S/C36H55N7O6/c1-5-10-25(29(44)34(48)39-23-15-16-23)40-33(47)28-24-14-9-13-22(24)20-43(28)35(49)30(36(2,3)4)42-32(46)27(21-11-7-6-8-12-21)41-31(45)26-19-37-17-18-38-26/h17-19,21-25,27-30,44H,5-16,20H2,1-4H3,(H,39,48)(H,40,47)(H,41,45)(H,42,46)/t22-,24-,25?,27+,28?,29?,30+/m0/s1. The zero-order valence-corrected chi connectivity index (χ0v) is 29.5. The highest BCUT2D eigenvalue weighted by Gasteiger charge is 2.52. The number of aliphatic hydroxyl groups excluding tert-OH is 1. The maximum atomic E-state index is 14.6. The highest BCUT2D eigenvalue weighted by molar-refractivity contribution is 5.98. The lowest BCUT2D eigenvalue weighted by molar-refractivity contribution is -0.146. The number of hydrogen-bond donors (Lipinski definition) is 5. The third-order valence-corrected chi connectivity index (χ3v) is 10.8. The second kappa shape index (κ2) is 15.9. The molecule has 1 aromatic heterocycles. The van der Waals surface area contributed by atoms with Gasteiger partial charge in [0.15, 0.2) is 6.10 Å². The summed E-state index contributed by atoms with van der Waals surface area (Å²) in [6, 6.07) is -3.35. The average Bonchev–Trinajstić information content (AvgIpc) is 3.65.